The van der Waals surface area contributed by atoms with E-state index in [0.29, 0.717) is 30.9 Å². The topological polar surface area (TPSA) is 68.2 Å². The summed E-state index contributed by atoms with van der Waals surface area (Å²) in [5, 5.41) is 4.11. The summed E-state index contributed by atoms with van der Waals surface area (Å²) >= 11 is 0. The van der Waals surface area contributed by atoms with Crippen LogP contribution < -0.4 is 5.73 Å². The number of benzene rings is 1. The van der Waals surface area contributed by atoms with Gasteiger partial charge in [0.2, 0.25) is 0 Å². The summed E-state index contributed by atoms with van der Waals surface area (Å²) in [4.78, 5) is 6.89. The van der Waals surface area contributed by atoms with E-state index in [4.69, 9.17) is 10.3 Å². The molecule has 1 saturated heterocycles. The number of aromatic nitrogens is 2. The monoisotopic (exact) mass is 286 g/mol. The molecular formula is C16H22N4O. The van der Waals surface area contributed by atoms with Crippen molar-refractivity contribution in [3.63, 3.8) is 0 Å². The molecule has 3 rings (SSSR count). The number of rotatable bonds is 4. The van der Waals surface area contributed by atoms with Crippen LogP contribution in [-0.2, 0) is 6.54 Å². The van der Waals surface area contributed by atoms with E-state index < -0.39 is 0 Å². The lowest BCUT2D eigenvalue weighted by atomic mass is 9.91. The molecule has 1 aliphatic heterocycles. The Kier molecular flexibility index (Phi) is 4.31. The van der Waals surface area contributed by atoms with E-state index in [-0.39, 0.29) is 0 Å². The predicted octanol–water partition coefficient (Wildman–Crippen LogP) is 2.30. The maximum atomic E-state index is 5.93. The molecule has 0 aliphatic carbocycles. The third-order valence-electron chi connectivity index (χ3n) is 4.31. The summed E-state index contributed by atoms with van der Waals surface area (Å²) in [5.41, 5.74) is 6.89. The Morgan fingerprint density at radius 1 is 1.33 bits per heavy atom. The largest absolute Gasteiger partial charge is 0.334 e. The van der Waals surface area contributed by atoms with Crippen molar-refractivity contribution in [1.29, 1.82) is 0 Å². The maximum absolute atomic E-state index is 5.93. The van der Waals surface area contributed by atoms with Gasteiger partial charge in [-0.2, -0.15) is 4.98 Å². The molecule has 0 saturated carbocycles. The van der Waals surface area contributed by atoms with Gasteiger partial charge in [-0.25, -0.2) is 0 Å². The fourth-order valence-electron chi connectivity index (χ4n) is 3.11. The molecule has 112 valence electrons. The molecule has 2 N–H and O–H groups in total. The number of hydrogen-bond donors (Lipinski definition) is 1. The van der Waals surface area contributed by atoms with Gasteiger partial charge in [-0.05, 0) is 37.4 Å². The molecule has 1 aliphatic rings. The average Bonchev–Trinajstić information content (AvgIpc) is 2.97. The van der Waals surface area contributed by atoms with Gasteiger partial charge in [-0.3, -0.25) is 4.90 Å². The van der Waals surface area contributed by atoms with E-state index in [1.54, 1.807) is 0 Å². The van der Waals surface area contributed by atoms with Crippen LogP contribution in [0, 0.1) is 5.92 Å². The highest BCUT2D eigenvalue weighted by Crippen LogP contribution is 2.24. The normalized spacial score (nSPS) is 23.3. The molecule has 0 radical (unpaired) electrons. The van der Waals surface area contributed by atoms with Crippen molar-refractivity contribution in [3.8, 4) is 11.5 Å². The molecule has 5 heteroatoms. The molecule has 0 spiro atoms. The third kappa shape index (κ3) is 3.14. The zero-order chi connectivity index (χ0) is 14.7. The van der Waals surface area contributed by atoms with Gasteiger partial charge >= 0.3 is 0 Å². The number of nitrogens with zero attached hydrogens (tertiary/aromatic N) is 3. The fourth-order valence-corrected chi connectivity index (χ4v) is 3.11. The molecule has 2 heterocycles. The molecule has 1 fully saturated rings. The van der Waals surface area contributed by atoms with E-state index >= 15 is 0 Å². The average molecular weight is 286 g/mol. The maximum Gasteiger partial charge on any atom is 0.257 e. The minimum absolute atomic E-state index is 0.414. The van der Waals surface area contributed by atoms with Crippen LogP contribution in [0.1, 0.15) is 25.6 Å². The first kappa shape index (κ1) is 14.2. The van der Waals surface area contributed by atoms with Crippen LogP contribution in [0.5, 0.6) is 0 Å². The van der Waals surface area contributed by atoms with Gasteiger partial charge in [0.15, 0.2) is 5.82 Å². The van der Waals surface area contributed by atoms with Crippen molar-refractivity contribution in [3.05, 3.63) is 36.2 Å². The number of nitrogens with two attached hydrogens (primary N) is 1. The molecular weight excluding hydrogens is 264 g/mol. The van der Waals surface area contributed by atoms with Crippen LogP contribution in [0.25, 0.3) is 11.5 Å². The van der Waals surface area contributed by atoms with Crippen molar-refractivity contribution in [1.82, 2.24) is 15.0 Å². The first-order valence-corrected chi connectivity index (χ1v) is 7.60. The van der Waals surface area contributed by atoms with E-state index in [1.807, 2.05) is 30.3 Å². The second-order valence-corrected chi connectivity index (χ2v) is 5.77. The SMILES string of the molecule is CC1CCCN(Cc2noc(-c3ccccc3)n2)C1CN. The summed E-state index contributed by atoms with van der Waals surface area (Å²) in [6, 6.07) is 10.3. The van der Waals surface area contributed by atoms with Crippen LogP contribution in [-0.4, -0.2) is 34.2 Å². The molecule has 21 heavy (non-hydrogen) atoms. The quantitative estimate of drug-likeness (QED) is 0.934. The van der Waals surface area contributed by atoms with E-state index in [2.05, 4.69) is 22.0 Å². The van der Waals surface area contributed by atoms with Gasteiger partial charge in [-0.1, -0.05) is 30.3 Å². The number of likely N-dealkylation sites (tertiary alicyclic amines) is 1. The van der Waals surface area contributed by atoms with Gasteiger partial charge in [0.05, 0.1) is 6.54 Å². The molecule has 2 unspecified atom stereocenters. The highest BCUT2D eigenvalue weighted by Gasteiger charge is 2.28. The van der Waals surface area contributed by atoms with Crippen molar-refractivity contribution >= 4 is 0 Å². The second kappa shape index (κ2) is 6.37. The van der Waals surface area contributed by atoms with Crippen molar-refractivity contribution in [2.24, 2.45) is 11.7 Å². The van der Waals surface area contributed by atoms with Gasteiger partial charge in [0.1, 0.15) is 0 Å². The van der Waals surface area contributed by atoms with E-state index in [1.165, 1.54) is 12.8 Å². The molecule has 5 nitrogen and oxygen atoms in total. The summed E-state index contributed by atoms with van der Waals surface area (Å²) < 4.78 is 5.37. The predicted molar refractivity (Wildman–Crippen MR) is 81.4 cm³/mol. The molecule has 2 atom stereocenters. The molecule has 2 aromatic rings. The summed E-state index contributed by atoms with van der Waals surface area (Å²) in [6.07, 6.45) is 2.46. The number of piperidine rings is 1. The summed E-state index contributed by atoms with van der Waals surface area (Å²) in [7, 11) is 0. The Labute approximate surface area is 125 Å². The lowest BCUT2D eigenvalue weighted by Crippen LogP contribution is -2.48. The molecule has 1 aromatic heterocycles. The minimum atomic E-state index is 0.414. The van der Waals surface area contributed by atoms with Gasteiger partial charge < -0.3 is 10.3 Å². The standard InChI is InChI=1S/C16H22N4O/c1-12-6-5-9-20(14(12)10-17)11-15-18-16(21-19-15)13-7-3-2-4-8-13/h2-4,7-8,12,14H,5-6,9-11,17H2,1H3. The Hall–Kier alpha value is -1.72. The van der Waals surface area contributed by atoms with Crippen LogP contribution in [0.2, 0.25) is 0 Å². The Morgan fingerprint density at radius 2 is 2.14 bits per heavy atom. The van der Waals surface area contributed by atoms with E-state index in [0.717, 1.165) is 17.9 Å². The van der Waals surface area contributed by atoms with Crippen LogP contribution in [0.15, 0.2) is 34.9 Å². The number of hydrogen-bond acceptors (Lipinski definition) is 5. The molecule has 0 amide bonds. The summed E-state index contributed by atoms with van der Waals surface area (Å²) in [5.74, 6) is 1.95. The zero-order valence-electron chi connectivity index (χ0n) is 12.4. The lowest BCUT2D eigenvalue weighted by Gasteiger charge is -2.38. The zero-order valence-corrected chi connectivity index (χ0v) is 12.4. The Balaban J connectivity index is 1.72. The highest BCUT2D eigenvalue weighted by atomic mass is 16.5. The van der Waals surface area contributed by atoms with Gasteiger partial charge in [0.25, 0.3) is 5.89 Å². The van der Waals surface area contributed by atoms with Crippen molar-refractivity contribution < 1.29 is 4.52 Å². The van der Waals surface area contributed by atoms with Crippen molar-refractivity contribution in [2.75, 3.05) is 13.1 Å². The van der Waals surface area contributed by atoms with Crippen molar-refractivity contribution in [2.45, 2.75) is 32.4 Å². The fraction of sp³-hybridized carbons (Fsp3) is 0.500. The second-order valence-electron chi connectivity index (χ2n) is 5.77. The lowest BCUT2D eigenvalue weighted by molar-refractivity contribution is 0.0955. The first-order valence-electron chi connectivity index (χ1n) is 7.60. The van der Waals surface area contributed by atoms with Crippen LogP contribution in [0.3, 0.4) is 0 Å². The van der Waals surface area contributed by atoms with Gasteiger partial charge in [-0.15, -0.1) is 0 Å². The Bertz CT molecular complexity index is 569. The van der Waals surface area contributed by atoms with Crippen LogP contribution >= 0.6 is 0 Å². The smallest absolute Gasteiger partial charge is 0.257 e. The summed E-state index contributed by atoms with van der Waals surface area (Å²) in [6.45, 7) is 4.73. The third-order valence-corrected chi connectivity index (χ3v) is 4.31. The molecule has 0 bridgehead atoms. The minimum Gasteiger partial charge on any atom is -0.334 e. The van der Waals surface area contributed by atoms with Gasteiger partial charge in [0, 0.05) is 18.2 Å². The van der Waals surface area contributed by atoms with E-state index in [9.17, 15) is 0 Å². The molecule has 1 aromatic carbocycles. The Morgan fingerprint density at radius 3 is 2.90 bits per heavy atom. The van der Waals surface area contributed by atoms with Crippen LogP contribution in [0.4, 0.5) is 0 Å². The first-order chi connectivity index (χ1) is 10.3. The highest BCUT2D eigenvalue weighted by molar-refractivity contribution is 5.51.